The number of nitrogens with one attached hydrogen (secondary N) is 2. The molecule has 12 heteroatoms. The smallest absolute Gasteiger partial charge is 0.393 e. The van der Waals surface area contributed by atoms with Crippen molar-refractivity contribution in [1.82, 2.24) is 10.6 Å². The molecule has 3 atom stereocenters. The summed E-state index contributed by atoms with van der Waals surface area (Å²) in [6, 6.07) is -2.52. The molecule has 28 heavy (non-hydrogen) atoms. The van der Waals surface area contributed by atoms with Gasteiger partial charge in [-0.05, 0) is 25.2 Å². The average molecular weight is 406 g/mol. The molecule has 162 valence electrons. The summed E-state index contributed by atoms with van der Waals surface area (Å²) in [4.78, 5) is 45.1. The van der Waals surface area contributed by atoms with Crippen LogP contribution in [0.5, 0.6) is 0 Å². The van der Waals surface area contributed by atoms with Crippen LogP contribution >= 0.6 is 0 Å². The zero-order valence-electron chi connectivity index (χ0n) is 16.3. The monoisotopic (exact) mass is 406 g/mol. The lowest BCUT2D eigenvalue weighted by molar-refractivity contribution is -0.335. The second-order valence-electron chi connectivity index (χ2n) is 6.25. The number of aliphatic hydroxyl groups excluding tert-OH is 1. The molecule has 8 N–H and O–H groups in total. The molecule has 3 unspecified atom stereocenters. The summed E-state index contributed by atoms with van der Waals surface area (Å²) in [6.45, 7) is 5.36. The van der Waals surface area contributed by atoms with Crippen LogP contribution in [-0.4, -0.2) is 46.5 Å². The number of hydrogen-bond acceptors (Lipinski definition) is 8. The lowest BCUT2D eigenvalue weighted by Crippen LogP contribution is -2.52. The third-order valence-corrected chi connectivity index (χ3v) is 4.18. The zero-order valence-corrected chi connectivity index (χ0v) is 16.3. The van der Waals surface area contributed by atoms with Crippen LogP contribution in [-0.2, 0) is 9.47 Å². The standard InChI is InChI=1S/C16H30N4O8/c1-4-7-11(21)9(5-2)8-10(6-3)16(26,27-14(24)19-12(17)22)28-15(25)20-13(18)23/h9-11,21,26H,4-8H2,1-3H3,(H3,17,19,22,24)(H3,18,20,23,25). The van der Waals surface area contributed by atoms with E-state index in [0.717, 1.165) is 6.42 Å². The summed E-state index contributed by atoms with van der Waals surface area (Å²) in [7, 11) is 0. The fraction of sp³-hybridized carbons (Fsp3) is 0.750. The molecule has 0 aromatic carbocycles. The molecule has 0 rings (SSSR count). The van der Waals surface area contributed by atoms with Gasteiger partial charge in [-0.15, -0.1) is 0 Å². The Bertz CT molecular complexity index is 527. The maximum absolute atomic E-state index is 11.7. The molecule has 0 saturated carbocycles. The Balaban J connectivity index is 5.60. The van der Waals surface area contributed by atoms with Gasteiger partial charge in [-0.3, -0.25) is 0 Å². The predicted molar refractivity (Wildman–Crippen MR) is 96.4 cm³/mol. The van der Waals surface area contributed by atoms with Crippen molar-refractivity contribution in [1.29, 1.82) is 0 Å². The number of primary amides is 2. The summed E-state index contributed by atoms with van der Waals surface area (Å²) < 4.78 is 9.45. The molecule has 6 amide bonds. The van der Waals surface area contributed by atoms with Gasteiger partial charge in [0.25, 0.3) is 0 Å². The molecule has 0 aliphatic carbocycles. The van der Waals surface area contributed by atoms with Crippen LogP contribution in [0, 0.1) is 11.8 Å². The number of hydrogen-bond donors (Lipinski definition) is 6. The van der Waals surface area contributed by atoms with Gasteiger partial charge in [-0.1, -0.05) is 33.6 Å². The van der Waals surface area contributed by atoms with E-state index in [1.54, 1.807) is 17.6 Å². The van der Waals surface area contributed by atoms with E-state index >= 15 is 0 Å². The van der Waals surface area contributed by atoms with Crippen LogP contribution in [0.4, 0.5) is 19.2 Å². The highest BCUT2D eigenvalue weighted by Crippen LogP contribution is 2.33. The number of carbonyl (C=O) groups excluding carboxylic acids is 4. The van der Waals surface area contributed by atoms with Crippen LogP contribution < -0.4 is 22.1 Å². The second kappa shape index (κ2) is 12.0. The Morgan fingerprint density at radius 2 is 1.43 bits per heavy atom. The molecular weight excluding hydrogens is 376 g/mol. The Labute approximate surface area is 162 Å². The topological polar surface area (TPSA) is 203 Å². The molecule has 0 bridgehead atoms. The summed E-state index contributed by atoms with van der Waals surface area (Å²) in [5.74, 6) is -4.16. The fourth-order valence-corrected chi connectivity index (χ4v) is 2.77. The van der Waals surface area contributed by atoms with Gasteiger partial charge in [0.15, 0.2) is 0 Å². The highest BCUT2D eigenvalue weighted by molar-refractivity contribution is 5.90. The van der Waals surface area contributed by atoms with Crippen molar-refractivity contribution < 1.29 is 38.9 Å². The van der Waals surface area contributed by atoms with E-state index in [9.17, 15) is 29.4 Å². The number of urea groups is 2. The molecule has 0 spiro atoms. The van der Waals surface area contributed by atoms with E-state index in [1.165, 1.54) is 0 Å². The largest absolute Gasteiger partial charge is 0.420 e. The van der Waals surface area contributed by atoms with Gasteiger partial charge in [-0.2, -0.15) is 0 Å². The van der Waals surface area contributed by atoms with Crippen molar-refractivity contribution in [2.75, 3.05) is 0 Å². The van der Waals surface area contributed by atoms with E-state index in [4.69, 9.17) is 20.9 Å². The first-order chi connectivity index (χ1) is 13.0. The number of alkyl carbamates (subject to hydrolysis) is 2. The minimum Gasteiger partial charge on any atom is -0.393 e. The van der Waals surface area contributed by atoms with Crippen molar-refractivity contribution in [3.63, 3.8) is 0 Å². The Morgan fingerprint density at radius 3 is 1.75 bits per heavy atom. The first-order valence-corrected chi connectivity index (χ1v) is 8.98. The van der Waals surface area contributed by atoms with Gasteiger partial charge >= 0.3 is 30.2 Å². The minimum atomic E-state index is -2.85. The van der Waals surface area contributed by atoms with E-state index in [-0.39, 0.29) is 18.8 Å². The fourth-order valence-electron chi connectivity index (χ4n) is 2.77. The summed E-state index contributed by atoms with van der Waals surface area (Å²) in [6.07, 6.45) is -1.59. The molecule has 0 radical (unpaired) electrons. The van der Waals surface area contributed by atoms with Crippen LogP contribution in [0.15, 0.2) is 0 Å². The third-order valence-electron chi connectivity index (χ3n) is 4.18. The van der Waals surface area contributed by atoms with E-state index < -0.39 is 42.2 Å². The lowest BCUT2D eigenvalue weighted by atomic mass is 9.84. The van der Waals surface area contributed by atoms with Crippen LogP contribution in [0.1, 0.15) is 52.9 Å². The van der Waals surface area contributed by atoms with Gasteiger partial charge in [0.1, 0.15) is 0 Å². The minimum absolute atomic E-state index is 0.109. The number of nitrogens with two attached hydrogens (primary N) is 2. The van der Waals surface area contributed by atoms with Crippen LogP contribution in [0.3, 0.4) is 0 Å². The van der Waals surface area contributed by atoms with Crippen LogP contribution in [0.2, 0.25) is 0 Å². The number of ether oxygens (including phenoxy) is 2. The highest BCUT2D eigenvalue weighted by Gasteiger charge is 2.46. The van der Waals surface area contributed by atoms with Gasteiger partial charge in [0.05, 0.1) is 12.0 Å². The van der Waals surface area contributed by atoms with Gasteiger partial charge in [-0.25, -0.2) is 29.8 Å². The highest BCUT2D eigenvalue weighted by atomic mass is 16.8. The van der Waals surface area contributed by atoms with Crippen molar-refractivity contribution in [2.24, 2.45) is 23.3 Å². The summed E-state index contributed by atoms with van der Waals surface area (Å²) in [5, 5.41) is 24.2. The van der Waals surface area contributed by atoms with Gasteiger partial charge < -0.3 is 31.2 Å². The first-order valence-electron chi connectivity index (χ1n) is 8.98. The number of amides is 6. The molecule has 0 fully saturated rings. The van der Waals surface area contributed by atoms with Crippen molar-refractivity contribution in [3.05, 3.63) is 0 Å². The van der Waals surface area contributed by atoms with Crippen molar-refractivity contribution in [3.8, 4) is 0 Å². The maximum atomic E-state index is 11.7. The molecular formula is C16H30N4O8. The number of carbonyl (C=O) groups is 4. The summed E-state index contributed by atoms with van der Waals surface area (Å²) >= 11 is 0. The summed E-state index contributed by atoms with van der Waals surface area (Å²) in [5.41, 5.74) is 9.63. The number of rotatable bonds is 10. The average Bonchev–Trinajstić information content (AvgIpc) is 2.53. The van der Waals surface area contributed by atoms with Crippen molar-refractivity contribution >= 4 is 24.2 Å². The van der Waals surface area contributed by atoms with Crippen molar-refractivity contribution in [2.45, 2.75) is 65.0 Å². The Hall–Kier alpha value is -2.60. The predicted octanol–water partition coefficient (Wildman–Crippen LogP) is 0.846. The quantitative estimate of drug-likeness (QED) is 0.286. The Kier molecular flexibility index (Phi) is 10.9. The van der Waals surface area contributed by atoms with E-state index in [0.29, 0.717) is 12.8 Å². The Morgan fingerprint density at radius 1 is 0.964 bits per heavy atom. The van der Waals surface area contributed by atoms with Crippen LogP contribution in [0.25, 0.3) is 0 Å². The third kappa shape index (κ3) is 8.86. The molecule has 0 saturated heterocycles. The normalized spacial score (nSPS) is 14.3. The lowest BCUT2D eigenvalue weighted by Gasteiger charge is -2.35. The molecule has 0 aromatic heterocycles. The number of aliphatic hydroxyl groups is 2. The van der Waals surface area contributed by atoms with Gasteiger partial charge in [0.2, 0.25) is 0 Å². The van der Waals surface area contributed by atoms with E-state index in [2.05, 4.69) is 0 Å². The van der Waals surface area contributed by atoms with Gasteiger partial charge in [0, 0.05) is 0 Å². The SMILES string of the molecule is CCCC(O)C(CC)CC(CC)C(O)(OC(=O)NC(N)=O)OC(=O)NC(N)=O. The maximum Gasteiger partial charge on any atom is 0.420 e. The molecule has 0 aromatic rings. The van der Waals surface area contributed by atoms with E-state index in [1.807, 2.05) is 13.8 Å². The first kappa shape index (κ1) is 25.4. The number of imide groups is 2. The molecule has 0 aliphatic heterocycles. The molecule has 0 heterocycles. The zero-order chi connectivity index (χ0) is 21.9. The molecule has 0 aliphatic rings. The molecule has 12 nitrogen and oxygen atoms in total. The second-order valence-corrected chi connectivity index (χ2v) is 6.25.